The number of carbonyl (C=O) groups is 1. The van der Waals surface area contributed by atoms with Gasteiger partial charge in [0.05, 0.1) is 11.9 Å². The second kappa shape index (κ2) is 7.86. The first-order valence-electron chi connectivity index (χ1n) is 6.81. The van der Waals surface area contributed by atoms with Crippen LogP contribution in [0.4, 0.5) is 5.69 Å². The predicted octanol–water partition coefficient (Wildman–Crippen LogP) is 3.12. The summed E-state index contributed by atoms with van der Waals surface area (Å²) in [4.78, 5) is 13.7. The monoisotopic (exact) mass is 301 g/mol. The summed E-state index contributed by atoms with van der Waals surface area (Å²) in [6.07, 6.45) is -0.536. The van der Waals surface area contributed by atoms with Gasteiger partial charge in [0, 0.05) is 18.5 Å². The number of aliphatic hydroxyl groups is 1. The molecule has 1 unspecified atom stereocenters. The summed E-state index contributed by atoms with van der Waals surface area (Å²) in [5, 5.41) is 10.0. The molecule has 21 heavy (non-hydrogen) atoms. The highest BCUT2D eigenvalue weighted by molar-refractivity contribution is 8.00. The van der Waals surface area contributed by atoms with Gasteiger partial charge in [-0.15, -0.1) is 11.8 Å². The van der Waals surface area contributed by atoms with E-state index in [0.29, 0.717) is 11.5 Å². The van der Waals surface area contributed by atoms with E-state index in [-0.39, 0.29) is 5.91 Å². The normalized spacial score (nSPS) is 11.9. The Hall–Kier alpha value is -1.78. The van der Waals surface area contributed by atoms with E-state index in [2.05, 4.69) is 0 Å². The van der Waals surface area contributed by atoms with Crippen molar-refractivity contribution in [3.63, 3.8) is 0 Å². The Labute approximate surface area is 129 Å². The first-order chi connectivity index (χ1) is 10.2. The lowest BCUT2D eigenvalue weighted by molar-refractivity contribution is -0.115. The number of benzene rings is 2. The highest BCUT2D eigenvalue weighted by atomic mass is 32.2. The van der Waals surface area contributed by atoms with Gasteiger partial charge in [-0.2, -0.15) is 0 Å². The molecule has 2 rings (SSSR count). The van der Waals surface area contributed by atoms with Crippen LogP contribution in [0.2, 0.25) is 0 Å². The molecule has 1 atom stereocenters. The first kappa shape index (κ1) is 15.6. The third kappa shape index (κ3) is 4.62. The van der Waals surface area contributed by atoms with Gasteiger partial charge in [-0.25, -0.2) is 0 Å². The summed E-state index contributed by atoms with van der Waals surface area (Å²) in [7, 11) is 1.77. The number of para-hydroxylation sites is 1. The molecule has 0 bridgehead atoms. The highest BCUT2D eigenvalue weighted by Gasteiger charge is 2.12. The molecule has 4 heteroatoms. The number of hydrogen-bond donors (Lipinski definition) is 1. The summed E-state index contributed by atoms with van der Waals surface area (Å²) in [5.41, 5.74) is 1.76. The van der Waals surface area contributed by atoms with Gasteiger partial charge < -0.3 is 10.0 Å². The van der Waals surface area contributed by atoms with Crippen molar-refractivity contribution in [3.8, 4) is 0 Å². The zero-order chi connectivity index (χ0) is 15.1. The van der Waals surface area contributed by atoms with E-state index in [1.165, 1.54) is 11.8 Å². The Morgan fingerprint density at radius 2 is 1.67 bits per heavy atom. The number of rotatable bonds is 6. The summed E-state index contributed by atoms with van der Waals surface area (Å²) in [6, 6.07) is 19.1. The molecule has 0 spiro atoms. The average Bonchev–Trinajstić information content (AvgIpc) is 2.55. The van der Waals surface area contributed by atoms with Gasteiger partial charge in [0.25, 0.3) is 0 Å². The summed E-state index contributed by atoms with van der Waals surface area (Å²) < 4.78 is 0. The molecular weight excluding hydrogens is 282 g/mol. The van der Waals surface area contributed by atoms with Gasteiger partial charge in [-0.3, -0.25) is 4.79 Å². The maximum absolute atomic E-state index is 12.1. The smallest absolute Gasteiger partial charge is 0.236 e. The summed E-state index contributed by atoms with van der Waals surface area (Å²) >= 11 is 1.45. The Morgan fingerprint density at radius 1 is 1.10 bits per heavy atom. The summed E-state index contributed by atoms with van der Waals surface area (Å²) in [6.45, 7) is 0. The Kier molecular flexibility index (Phi) is 5.84. The van der Waals surface area contributed by atoms with Gasteiger partial charge in [-0.05, 0) is 17.7 Å². The van der Waals surface area contributed by atoms with E-state index in [9.17, 15) is 9.90 Å². The fraction of sp³-hybridized carbons (Fsp3) is 0.235. The first-order valence-corrected chi connectivity index (χ1v) is 7.96. The van der Waals surface area contributed by atoms with Crippen molar-refractivity contribution in [2.45, 2.75) is 6.10 Å². The third-order valence-corrected chi connectivity index (χ3v) is 4.21. The molecule has 1 amide bonds. The van der Waals surface area contributed by atoms with Crippen molar-refractivity contribution in [2.24, 2.45) is 0 Å². The second-order valence-electron chi connectivity index (χ2n) is 4.73. The molecule has 0 aliphatic rings. The molecule has 2 aromatic rings. The lowest BCUT2D eigenvalue weighted by Crippen LogP contribution is -2.28. The second-order valence-corrected chi connectivity index (χ2v) is 5.76. The molecule has 0 radical (unpaired) electrons. The number of anilines is 1. The zero-order valence-electron chi connectivity index (χ0n) is 12.0. The van der Waals surface area contributed by atoms with Crippen molar-refractivity contribution >= 4 is 23.4 Å². The van der Waals surface area contributed by atoms with E-state index in [0.717, 1.165) is 11.3 Å². The van der Waals surface area contributed by atoms with E-state index >= 15 is 0 Å². The molecule has 0 aliphatic heterocycles. The van der Waals surface area contributed by atoms with Crippen molar-refractivity contribution < 1.29 is 9.90 Å². The minimum absolute atomic E-state index is 0.0338. The molecule has 0 aromatic heterocycles. The van der Waals surface area contributed by atoms with Crippen LogP contribution in [0.3, 0.4) is 0 Å². The van der Waals surface area contributed by atoms with Crippen LogP contribution in [-0.4, -0.2) is 29.6 Å². The van der Waals surface area contributed by atoms with Crippen molar-refractivity contribution in [3.05, 3.63) is 66.2 Å². The van der Waals surface area contributed by atoms with E-state index in [1.54, 1.807) is 11.9 Å². The lowest BCUT2D eigenvalue weighted by Gasteiger charge is -2.17. The van der Waals surface area contributed by atoms with E-state index in [1.807, 2.05) is 60.7 Å². The van der Waals surface area contributed by atoms with Crippen LogP contribution < -0.4 is 4.90 Å². The van der Waals surface area contributed by atoms with Gasteiger partial charge in [-0.1, -0.05) is 48.5 Å². The minimum atomic E-state index is -0.536. The van der Waals surface area contributed by atoms with Crippen LogP contribution in [0, 0.1) is 0 Å². The van der Waals surface area contributed by atoms with Crippen LogP contribution >= 0.6 is 11.8 Å². The van der Waals surface area contributed by atoms with Crippen LogP contribution in [0.25, 0.3) is 0 Å². The minimum Gasteiger partial charge on any atom is -0.388 e. The zero-order valence-corrected chi connectivity index (χ0v) is 12.8. The number of aliphatic hydroxyl groups excluding tert-OH is 1. The number of amides is 1. The van der Waals surface area contributed by atoms with Crippen molar-refractivity contribution in [2.75, 3.05) is 23.5 Å². The number of nitrogens with zero attached hydrogens (tertiary/aromatic N) is 1. The maximum Gasteiger partial charge on any atom is 0.236 e. The fourth-order valence-electron chi connectivity index (χ4n) is 1.92. The Bertz CT molecular complexity index is 560. The average molecular weight is 301 g/mol. The number of hydrogen-bond acceptors (Lipinski definition) is 3. The quantitative estimate of drug-likeness (QED) is 0.891. The predicted molar refractivity (Wildman–Crippen MR) is 88.6 cm³/mol. The number of carbonyl (C=O) groups excluding carboxylic acids is 1. The van der Waals surface area contributed by atoms with Crippen molar-refractivity contribution in [1.29, 1.82) is 0 Å². The van der Waals surface area contributed by atoms with Crippen LogP contribution in [0.1, 0.15) is 11.7 Å². The Balaban J connectivity index is 1.79. The molecule has 3 nitrogen and oxygen atoms in total. The van der Waals surface area contributed by atoms with E-state index < -0.39 is 6.10 Å². The van der Waals surface area contributed by atoms with Gasteiger partial charge in [0.2, 0.25) is 5.91 Å². The van der Waals surface area contributed by atoms with Crippen LogP contribution in [0.5, 0.6) is 0 Å². The van der Waals surface area contributed by atoms with Crippen LogP contribution in [0.15, 0.2) is 60.7 Å². The van der Waals surface area contributed by atoms with Gasteiger partial charge >= 0.3 is 0 Å². The molecule has 0 heterocycles. The van der Waals surface area contributed by atoms with E-state index in [4.69, 9.17) is 0 Å². The molecule has 1 N–H and O–H groups in total. The molecule has 2 aromatic carbocycles. The highest BCUT2D eigenvalue weighted by Crippen LogP contribution is 2.19. The maximum atomic E-state index is 12.1. The molecule has 110 valence electrons. The molecule has 0 saturated carbocycles. The summed E-state index contributed by atoms with van der Waals surface area (Å²) in [5.74, 6) is 0.902. The number of thioether (sulfide) groups is 1. The third-order valence-electron chi connectivity index (χ3n) is 3.20. The Morgan fingerprint density at radius 3 is 2.29 bits per heavy atom. The van der Waals surface area contributed by atoms with Crippen molar-refractivity contribution in [1.82, 2.24) is 0 Å². The largest absolute Gasteiger partial charge is 0.388 e. The SMILES string of the molecule is CN(C(=O)CSCC(O)c1ccccc1)c1ccccc1. The molecular formula is C17H19NO2S. The van der Waals surface area contributed by atoms with Gasteiger partial charge in [0.15, 0.2) is 0 Å². The fourth-order valence-corrected chi connectivity index (χ4v) is 2.82. The van der Waals surface area contributed by atoms with Gasteiger partial charge in [0.1, 0.15) is 0 Å². The molecule has 0 fully saturated rings. The molecule has 0 aliphatic carbocycles. The lowest BCUT2D eigenvalue weighted by atomic mass is 10.1. The molecule has 0 saturated heterocycles. The van der Waals surface area contributed by atoms with Crippen LogP contribution in [-0.2, 0) is 4.79 Å². The topological polar surface area (TPSA) is 40.5 Å². The standard InChI is InChI=1S/C17H19NO2S/c1-18(15-10-6-3-7-11-15)17(20)13-21-12-16(19)14-8-4-2-5-9-14/h2-11,16,19H,12-13H2,1H3.